The number of unbranched alkanes of at least 4 members (excludes halogenated alkanes) is 13. The molecule has 0 saturated carbocycles. The second kappa shape index (κ2) is 28.5. The lowest BCUT2D eigenvalue weighted by Gasteiger charge is -2.28. The fraction of sp³-hybridized carbons (Fsp3) is 0.853. The van der Waals surface area contributed by atoms with Crippen LogP contribution in [0.15, 0.2) is 24.3 Å². The number of hydrogen-bond acceptors (Lipinski definition) is 7. The molecule has 0 bridgehead atoms. The number of nitrogens with zero attached hydrogens (tertiary/aromatic N) is 1. The first-order chi connectivity index (χ1) is 20.6. The van der Waals surface area contributed by atoms with Crippen LogP contribution in [0.5, 0.6) is 0 Å². The van der Waals surface area contributed by atoms with E-state index in [9.17, 15) is 14.3 Å². The van der Waals surface area contributed by atoms with Crippen molar-refractivity contribution in [2.75, 3.05) is 54.1 Å². The molecule has 0 N–H and O–H groups in total. The normalized spacial score (nSPS) is 14.5. The summed E-state index contributed by atoms with van der Waals surface area (Å²) in [6.45, 7) is 5.25. The second-order valence-corrected chi connectivity index (χ2v) is 13.9. The lowest BCUT2D eigenvalue weighted by Crippen LogP contribution is -2.37. The van der Waals surface area contributed by atoms with Gasteiger partial charge in [-0.1, -0.05) is 102 Å². The molecular weight excluding hydrogens is 565 g/mol. The molecule has 0 saturated heterocycles. The highest BCUT2D eigenvalue weighted by atomic mass is 31.2. The van der Waals surface area contributed by atoms with Crippen LogP contribution in [0.3, 0.4) is 0 Å². The number of carbonyl (C=O) groups excluding carboxylic acids is 1. The maximum atomic E-state index is 12.4. The molecule has 0 aliphatic rings. The number of quaternary nitrogens is 1. The minimum absolute atomic E-state index is 0.0243. The van der Waals surface area contributed by atoms with Gasteiger partial charge in [0.1, 0.15) is 19.3 Å². The highest BCUT2D eigenvalue weighted by Crippen LogP contribution is 2.38. The maximum absolute atomic E-state index is 12.4. The molecular formula is C34H66NO7P. The van der Waals surface area contributed by atoms with Crippen molar-refractivity contribution in [2.45, 2.75) is 136 Å². The van der Waals surface area contributed by atoms with E-state index in [1.807, 2.05) is 21.1 Å². The number of ether oxygens (including phenoxy) is 2. The van der Waals surface area contributed by atoms with Gasteiger partial charge in [-0.3, -0.25) is 9.36 Å². The average molecular weight is 632 g/mol. The molecule has 0 amide bonds. The number of carbonyl (C=O) groups is 1. The molecule has 2 unspecified atom stereocenters. The zero-order valence-corrected chi connectivity index (χ0v) is 29.3. The lowest BCUT2D eigenvalue weighted by molar-refractivity contribution is -0.870. The first-order valence-electron chi connectivity index (χ1n) is 17.1. The van der Waals surface area contributed by atoms with Crippen molar-refractivity contribution >= 4 is 13.8 Å². The quantitative estimate of drug-likeness (QED) is 0.0250. The van der Waals surface area contributed by atoms with Crippen LogP contribution in [0.25, 0.3) is 0 Å². The molecule has 0 spiro atoms. The summed E-state index contributed by atoms with van der Waals surface area (Å²) in [6.07, 6.45) is 27.9. The van der Waals surface area contributed by atoms with Crippen LogP contribution in [0, 0.1) is 0 Å². The maximum Gasteiger partial charge on any atom is 0.306 e. The summed E-state index contributed by atoms with van der Waals surface area (Å²) in [7, 11) is 1.34. The van der Waals surface area contributed by atoms with Crippen molar-refractivity contribution in [1.82, 2.24) is 0 Å². The third-order valence-corrected chi connectivity index (χ3v) is 7.97. The number of esters is 1. The largest absolute Gasteiger partial charge is 0.756 e. The SMILES string of the molecule is CCCCC/C=C\C/C=C\CCCCCCCCOCC(COP(=O)([O-])OCC[N+](C)(C)C)OC(=O)CCCCCCC. The van der Waals surface area contributed by atoms with Gasteiger partial charge in [0.15, 0.2) is 0 Å². The molecule has 8 nitrogen and oxygen atoms in total. The van der Waals surface area contributed by atoms with Crippen molar-refractivity contribution < 1.29 is 37.3 Å². The van der Waals surface area contributed by atoms with Crippen molar-refractivity contribution in [2.24, 2.45) is 0 Å². The molecule has 0 radical (unpaired) electrons. The van der Waals surface area contributed by atoms with Gasteiger partial charge in [-0.2, -0.15) is 0 Å². The number of phosphoric ester groups is 1. The van der Waals surface area contributed by atoms with Crippen LogP contribution in [0.4, 0.5) is 0 Å². The monoisotopic (exact) mass is 631 g/mol. The summed E-state index contributed by atoms with van der Waals surface area (Å²) >= 11 is 0. The van der Waals surface area contributed by atoms with Gasteiger partial charge in [-0.15, -0.1) is 0 Å². The van der Waals surface area contributed by atoms with Crippen LogP contribution < -0.4 is 4.89 Å². The van der Waals surface area contributed by atoms with E-state index in [1.54, 1.807) is 0 Å². The van der Waals surface area contributed by atoms with Gasteiger partial charge < -0.3 is 27.9 Å². The minimum Gasteiger partial charge on any atom is -0.756 e. The first-order valence-corrected chi connectivity index (χ1v) is 18.5. The number of phosphoric acid groups is 1. The zero-order chi connectivity index (χ0) is 32.1. The van der Waals surface area contributed by atoms with E-state index in [1.165, 1.54) is 44.9 Å². The molecule has 0 heterocycles. The Kier molecular flexibility index (Phi) is 27.8. The molecule has 254 valence electrons. The molecule has 2 atom stereocenters. The Morgan fingerprint density at radius 1 is 0.721 bits per heavy atom. The van der Waals surface area contributed by atoms with E-state index >= 15 is 0 Å². The summed E-state index contributed by atoms with van der Waals surface area (Å²) < 4.78 is 34.1. The van der Waals surface area contributed by atoms with Gasteiger partial charge in [0.25, 0.3) is 7.82 Å². The van der Waals surface area contributed by atoms with E-state index in [0.29, 0.717) is 24.1 Å². The highest BCUT2D eigenvalue weighted by Gasteiger charge is 2.20. The predicted molar refractivity (Wildman–Crippen MR) is 176 cm³/mol. The number of allylic oxidation sites excluding steroid dienone is 4. The number of likely N-dealkylation sites (N-methyl/N-ethyl adjacent to an activating group) is 1. The second-order valence-electron chi connectivity index (χ2n) is 12.5. The number of rotatable bonds is 31. The highest BCUT2D eigenvalue weighted by molar-refractivity contribution is 7.45. The van der Waals surface area contributed by atoms with Crippen LogP contribution in [0.1, 0.15) is 129 Å². The Morgan fingerprint density at radius 3 is 1.93 bits per heavy atom. The summed E-state index contributed by atoms with van der Waals surface area (Å²) in [4.78, 5) is 24.6. The number of hydrogen-bond donors (Lipinski definition) is 0. The van der Waals surface area contributed by atoms with E-state index < -0.39 is 13.9 Å². The summed E-state index contributed by atoms with van der Waals surface area (Å²) in [5, 5.41) is 0. The fourth-order valence-electron chi connectivity index (χ4n) is 4.28. The van der Waals surface area contributed by atoms with Crippen molar-refractivity contribution in [3.05, 3.63) is 24.3 Å². The Labute approximate surface area is 264 Å². The van der Waals surface area contributed by atoms with Gasteiger partial charge in [-0.05, 0) is 44.9 Å². The molecule has 0 aromatic rings. The molecule has 0 aromatic carbocycles. The molecule has 0 fully saturated rings. The summed E-state index contributed by atoms with van der Waals surface area (Å²) in [5.74, 6) is -0.353. The lowest BCUT2D eigenvalue weighted by atomic mass is 10.1. The minimum atomic E-state index is -4.50. The Hall–Kier alpha value is -1.02. The van der Waals surface area contributed by atoms with Gasteiger partial charge in [0.2, 0.25) is 0 Å². The Bertz CT molecular complexity index is 752. The van der Waals surface area contributed by atoms with Crippen molar-refractivity contribution in [1.29, 1.82) is 0 Å². The average Bonchev–Trinajstić information content (AvgIpc) is 2.94. The predicted octanol–water partition coefficient (Wildman–Crippen LogP) is 8.30. The van der Waals surface area contributed by atoms with Crippen molar-refractivity contribution in [3.63, 3.8) is 0 Å². The summed E-state index contributed by atoms with van der Waals surface area (Å²) in [5.41, 5.74) is 0. The standard InChI is InChI=1S/C34H66NO7P/c1-6-8-10-12-13-14-15-16-17-18-19-20-21-22-24-26-29-39-31-33(42-34(36)27-25-23-11-9-7-2)32-41-43(37,38)40-30-28-35(3,4)5/h13-14,16-17,33H,6-12,15,18-32H2,1-5H3/b14-13-,17-16-. The third-order valence-electron chi connectivity index (χ3n) is 7.01. The van der Waals surface area contributed by atoms with Crippen LogP contribution in [-0.4, -0.2) is 70.7 Å². The zero-order valence-electron chi connectivity index (χ0n) is 28.4. The third kappa shape index (κ3) is 32.2. The molecule has 0 aromatic heterocycles. The molecule has 0 aliphatic carbocycles. The van der Waals surface area contributed by atoms with E-state index in [-0.39, 0.29) is 25.8 Å². The summed E-state index contributed by atoms with van der Waals surface area (Å²) in [6, 6.07) is 0. The Morgan fingerprint density at radius 2 is 1.28 bits per heavy atom. The van der Waals surface area contributed by atoms with E-state index in [4.69, 9.17) is 18.5 Å². The smallest absolute Gasteiger partial charge is 0.306 e. The van der Waals surface area contributed by atoms with Gasteiger partial charge in [0.05, 0.1) is 34.4 Å². The van der Waals surface area contributed by atoms with Gasteiger partial charge >= 0.3 is 5.97 Å². The molecule has 0 aliphatic heterocycles. The van der Waals surface area contributed by atoms with Crippen LogP contribution in [0.2, 0.25) is 0 Å². The topological polar surface area (TPSA) is 94.1 Å². The van der Waals surface area contributed by atoms with E-state index in [0.717, 1.165) is 64.2 Å². The van der Waals surface area contributed by atoms with Gasteiger partial charge in [0, 0.05) is 13.0 Å². The molecule has 43 heavy (non-hydrogen) atoms. The molecule has 0 rings (SSSR count). The van der Waals surface area contributed by atoms with Crippen molar-refractivity contribution in [3.8, 4) is 0 Å². The van der Waals surface area contributed by atoms with Crippen LogP contribution in [-0.2, 0) is 27.9 Å². The van der Waals surface area contributed by atoms with E-state index in [2.05, 4.69) is 38.2 Å². The fourth-order valence-corrected chi connectivity index (χ4v) is 5.01. The first kappa shape index (κ1) is 42.0. The molecule has 9 heteroatoms. The van der Waals surface area contributed by atoms with Crippen LogP contribution >= 0.6 is 7.82 Å². The van der Waals surface area contributed by atoms with Gasteiger partial charge in [-0.25, -0.2) is 0 Å². The Balaban J connectivity index is 4.20.